The number of carbonyl (C=O) groups is 1. The Kier molecular flexibility index (Phi) is 6.59. The Balaban J connectivity index is 1.62. The zero-order valence-electron chi connectivity index (χ0n) is 17.8. The van der Waals surface area contributed by atoms with E-state index in [0.29, 0.717) is 19.6 Å². The van der Waals surface area contributed by atoms with Gasteiger partial charge < -0.3 is 9.47 Å². The third-order valence-corrected chi connectivity index (χ3v) is 5.33. The fourth-order valence-electron chi connectivity index (χ4n) is 3.71. The van der Waals surface area contributed by atoms with Crippen molar-refractivity contribution >= 4 is 11.6 Å². The van der Waals surface area contributed by atoms with Gasteiger partial charge in [0.2, 0.25) is 0 Å². The number of hydrogen-bond donors (Lipinski definition) is 0. The summed E-state index contributed by atoms with van der Waals surface area (Å²) >= 11 is 0. The Morgan fingerprint density at radius 1 is 0.879 bits per heavy atom. The second-order valence-corrected chi connectivity index (χ2v) is 7.71. The third kappa shape index (κ3) is 5.51. The maximum absolute atomic E-state index is 13.6. The van der Waals surface area contributed by atoms with Crippen molar-refractivity contribution in [1.29, 1.82) is 0 Å². The molecule has 0 aliphatic carbocycles. The average molecular weight is 443 g/mol. The summed E-state index contributed by atoms with van der Waals surface area (Å²) in [5.74, 6) is -0.603. The fraction of sp³-hybridized carbons (Fsp3) is 0.115. The summed E-state index contributed by atoms with van der Waals surface area (Å²) in [7, 11) is 0. The van der Waals surface area contributed by atoms with Gasteiger partial charge in [0.1, 0.15) is 5.82 Å². The number of nitro benzene ring substituents is 1. The van der Waals surface area contributed by atoms with Gasteiger partial charge in [0, 0.05) is 42.7 Å². The quantitative estimate of drug-likeness (QED) is 0.269. The molecule has 1 heterocycles. The minimum atomic E-state index is -0.511. The first-order valence-electron chi connectivity index (χ1n) is 10.5. The summed E-state index contributed by atoms with van der Waals surface area (Å²) in [6.45, 7) is 1.09. The van der Waals surface area contributed by atoms with Gasteiger partial charge in [-0.25, -0.2) is 4.39 Å². The molecule has 0 aliphatic rings. The zero-order valence-corrected chi connectivity index (χ0v) is 17.8. The van der Waals surface area contributed by atoms with Gasteiger partial charge in [-0.1, -0.05) is 48.5 Å². The lowest BCUT2D eigenvalue weighted by Gasteiger charge is -2.24. The number of rotatable bonds is 8. The van der Waals surface area contributed by atoms with Crippen LogP contribution in [-0.4, -0.2) is 20.3 Å². The number of amides is 1. The average Bonchev–Trinajstić information content (AvgIpc) is 3.25. The standard InChI is InChI=1S/C26H22FN3O3/c27-23-11-4-9-21(15-23)18-28-14-6-13-25(28)19-29(17-20-7-2-1-3-8-20)26(31)22-10-5-12-24(16-22)30(32)33/h1-16H,17-19H2. The lowest BCUT2D eigenvalue weighted by molar-refractivity contribution is -0.384. The lowest BCUT2D eigenvalue weighted by Crippen LogP contribution is -2.31. The van der Waals surface area contributed by atoms with Crippen molar-refractivity contribution in [2.24, 2.45) is 0 Å². The highest BCUT2D eigenvalue weighted by atomic mass is 19.1. The molecule has 0 bridgehead atoms. The maximum Gasteiger partial charge on any atom is 0.270 e. The van der Waals surface area contributed by atoms with Crippen LogP contribution in [0, 0.1) is 15.9 Å². The molecule has 33 heavy (non-hydrogen) atoms. The second kappa shape index (κ2) is 9.91. The van der Waals surface area contributed by atoms with Crippen molar-refractivity contribution in [3.63, 3.8) is 0 Å². The number of hydrogen-bond acceptors (Lipinski definition) is 3. The van der Waals surface area contributed by atoms with Gasteiger partial charge >= 0.3 is 0 Å². The summed E-state index contributed by atoms with van der Waals surface area (Å²) in [6, 6.07) is 25.5. The van der Waals surface area contributed by atoms with Crippen molar-refractivity contribution in [2.75, 3.05) is 0 Å². The molecule has 7 heteroatoms. The van der Waals surface area contributed by atoms with Crippen molar-refractivity contribution in [2.45, 2.75) is 19.6 Å². The summed E-state index contributed by atoms with van der Waals surface area (Å²) in [5, 5.41) is 11.2. The predicted molar refractivity (Wildman–Crippen MR) is 123 cm³/mol. The topological polar surface area (TPSA) is 68.4 Å². The first kappa shape index (κ1) is 22.0. The van der Waals surface area contributed by atoms with E-state index in [9.17, 15) is 19.3 Å². The molecule has 1 amide bonds. The largest absolute Gasteiger partial charge is 0.345 e. The van der Waals surface area contributed by atoms with E-state index >= 15 is 0 Å². The van der Waals surface area contributed by atoms with E-state index in [0.717, 1.165) is 16.8 Å². The van der Waals surface area contributed by atoms with E-state index in [1.807, 2.05) is 59.3 Å². The van der Waals surface area contributed by atoms with Crippen LogP contribution in [0.2, 0.25) is 0 Å². The maximum atomic E-state index is 13.6. The van der Waals surface area contributed by atoms with Crippen LogP contribution >= 0.6 is 0 Å². The predicted octanol–water partition coefficient (Wildman–Crippen LogP) is 5.43. The van der Waals surface area contributed by atoms with Crippen LogP contribution in [0.25, 0.3) is 0 Å². The van der Waals surface area contributed by atoms with Gasteiger partial charge in [0.25, 0.3) is 11.6 Å². The third-order valence-electron chi connectivity index (χ3n) is 5.33. The molecule has 0 spiro atoms. The summed E-state index contributed by atoms with van der Waals surface area (Å²) in [6.07, 6.45) is 1.89. The number of carbonyl (C=O) groups excluding carboxylic acids is 1. The van der Waals surface area contributed by atoms with Gasteiger partial charge in [0.15, 0.2) is 0 Å². The van der Waals surface area contributed by atoms with Gasteiger partial charge in [-0.2, -0.15) is 0 Å². The molecule has 1 aromatic heterocycles. The first-order chi connectivity index (χ1) is 16.0. The molecule has 3 aromatic carbocycles. The normalized spacial score (nSPS) is 10.7. The number of halogens is 1. The summed E-state index contributed by atoms with van der Waals surface area (Å²) < 4.78 is 15.6. The Labute approximate surface area is 190 Å². The molecule has 0 unspecified atom stereocenters. The van der Waals surface area contributed by atoms with E-state index in [2.05, 4.69) is 0 Å². The molecule has 0 atom stereocenters. The molecule has 4 rings (SSSR count). The highest BCUT2D eigenvalue weighted by Gasteiger charge is 2.20. The van der Waals surface area contributed by atoms with Crippen molar-refractivity contribution in [1.82, 2.24) is 9.47 Å². The van der Waals surface area contributed by atoms with E-state index in [1.165, 1.54) is 30.3 Å². The Morgan fingerprint density at radius 3 is 2.39 bits per heavy atom. The number of benzene rings is 3. The van der Waals surface area contributed by atoms with Crippen LogP contribution in [0.15, 0.2) is 97.2 Å². The number of nitro groups is 1. The van der Waals surface area contributed by atoms with Crippen LogP contribution in [0.3, 0.4) is 0 Å². The molecule has 0 N–H and O–H groups in total. The Bertz CT molecular complexity index is 1270. The highest BCUT2D eigenvalue weighted by Crippen LogP contribution is 2.19. The molecule has 0 saturated carbocycles. The van der Waals surface area contributed by atoms with Gasteiger partial charge in [0.05, 0.1) is 11.5 Å². The highest BCUT2D eigenvalue weighted by molar-refractivity contribution is 5.94. The minimum absolute atomic E-state index is 0.130. The van der Waals surface area contributed by atoms with Crippen LogP contribution in [0.1, 0.15) is 27.2 Å². The Morgan fingerprint density at radius 2 is 1.64 bits per heavy atom. The monoisotopic (exact) mass is 443 g/mol. The summed E-state index contributed by atoms with van der Waals surface area (Å²) in [5.41, 5.74) is 2.75. The van der Waals surface area contributed by atoms with Crippen LogP contribution in [0.4, 0.5) is 10.1 Å². The van der Waals surface area contributed by atoms with E-state index in [4.69, 9.17) is 0 Å². The van der Waals surface area contributed by atoms with Gasteiger partial charge in [-0.3, -0.25) is 14.9 Å². The smallest absolute Gasteiger partial charge is 0.270 e. The number of aromatic nitrogens is 1. The molecule has 6 nitrogen and oxygen atoms in total. The SMILES string of the molecule is O=C(c1cccc([N+](=O)[O-])c1)N(Cc1ccccc1)Cc1cccn1Cc1cccc(F)c1. The summed E-state index contributed by atoms with van der Waals surface area (Å²) in [4.78, 5) is 25.7. The van der Waals surface area contributed by atoms with E-state index in [1.54, 1.807) is 17.0 Å². The van der Waals surface area contributed by atoms with Crippen molar-refractivity contribution < 1.29 is 14.1 Å². The van der Waals surface area contributed by atoms with E-state index in [-0.39, 0.29) is 23.0 Å². The van der Waals surface area contributed by atoms with Crippen molar-refractivity contribution in [3.05, 3.63) is 136 Å². The fourth-order valence-corrected chi connectivity index (χ4v) is 3.71. The second-order valence-electron chi connectivity index (χ2n) is 7.71. The van der Waals surface area contributed by atoms with Gasteiger partial charge in [-0.15, -0.1) is 0 Å². The minimum Gasteiger partial charge on any atom is -0.345 e. The van der Waals surface area contributed by atoms with Crippen LogP contribution < -0.4 is 0 Å². The molecule has 4 aromatic rings. The van der Waals surface area contributed by atoms with Crippen LogP contribution in [0.5, 0.6) is 0 Å². The molecule has 0 radical (unpaired) electrons. The van der Waals surface area contributed by atoms with Gasteiger partial charge in [-0.05, 0) is 41.5 Å². The van der Waals surface area contributed by atoms with Crippen LogP contribution in [-0.2, 0) is 19.6 Å². The molecule has 0 aliphatic heterocycles. The van der Waals surface area contributed by atoms with Crippen molar-refractivity contribution in [3.8, 4) is 0 Å². The first-order valence-corrected chi connectivity index (χ1v) is 10.5. The molecule has 0 fully saturated rings. The molecular weight excluding hydrogens is 421 g/mol. The number of nitrogens with zero attached hydrogens (tertiary/aromatic N) is 3. The zero-order chi connectivity index (χ0) is 23.2. The lowest BCUT2D eigenvalue weighted by atomic mass is 10.1. The molecule has 0 saturated heterocycles. The molecular formula is C26H22FN3O3. The van der Waals surface area contributed by atoms with E-state index < -0.39 is 4.92 Å². The molecule has 166 valence electrons. The number of non-ortho nitro benzene ring substituents is 1. The Hall–Kier alpha value is -4.26.